The molecule has 166 valence electrons. The number of ether oxygens (including phenoxy) is 3. The monoisotopic (exact) mass is 432 g/mol. The number of hydrogen-bond acceptors (Lipinski definition) is 4. The number of para-hydroxylation sites is 1. The summed E-state index contributed by atoms with van der Waals surface area (Å²) in [5.41, 5.74) is 4.26. The number of amides is 1. The summed E-state index contributed by atoms with van der Waals surface area (Å²) in [7, 11) is 0. The predicted octanol–water partition coefficient (Wildman–Crippen LogP) is 4.57. The van der Waals surface area contributed by atoms with Crippen LogP contribution in [0.2, 0.25) is 0 Å². The van der Waals surface area contributed by atoms with Crippen LogP contribution in [0.25, 0.3) is 10.9 Å². The van der Waals surface area contributed by atoms with Gasteiger partial charge in [0.05, 0.1) is 18.2 Å². The molecule has 4 heterocycles. The van der Waals surface area contributed by atoms with Crippen molar-refractivity contribution in [1.82, 2.24) is 9.88 Å². The molecule has 3 aliphatic heterocycles. The number of nitrogens with one attached hydrogen (secondary N) is 1. The lowest BCUT2D eigenvalue weighted by molar-refractivity contribution is -0.164. The molecule has 0 spiro atoms. The number of benzene rings is 2. The smallest absolute Gasteiger partial charge is 0.231 e. The van der Waals surface area contributed by atoms with E-state index in [9.17, 15) is 4.79 Å². The highest BCUT2D eigenvalue weighted by molar-refractivity contribution is 5.87. The van der Waals surface area contributed by atoms with Crippen LogP contribution in [0.4, 0.5) is 0 Å². The van der Waals surface area contributed by atoms with Gasteiger partial charge in [0.1, 0.15) is 0 Å². The zero-order valence-electron chi connectivity index (χ0n) is 18.7. The average molecular weight is 433 g/mol. The summed E-state index contributed by atoms with van der Waals surface area (Å²) in [6.45, 7) is 7.20. The number of nitrogens with zero attached hydrogens (tertiary/aromatic N) is 1. The molecule has 6 rings (SSSR count). The molecule has 0 bridgehead atoms. The number of hydrogen-bond donors (Lipinski definition) is 1. The van der Waals surface area contributed by atoms with Crippen LogP contribution in [0, 0.1) is 5.41 Å². The highest BCUT2D eigenvalue weighted by Gasteiger charge is 2.53. The second-order valence-electron chi connectivity index (χ2n) is 9.69. The van der Waals surface area contributed by atoms with Crippen molar-refractivity contribution >= 4 is 16.8 Å². The zero-order chi connectivity index (χ0) is 22.0. The quantitative estimate of drug-likeness (QED) is 0.658. The van der Waals surface area contributed by atoms with Crippen molar-refractivity contribution in [3.05, 3.63) is 59.3 Å². The summed E-state index contributed by atoms with van der Waals surface area (Å²) in [5, 5.41) is 1.22. The molecule has 1 amide bonds. The molecule has 32 heavy (non-hydrogen) atoms. The number of piperidine rings is 1. The number of aromatic nitrogens is 1. The molecule has 3 aromatic rings. The van der Waals surface area contributed by atoms with Gasteiger partial charge in [-0.2, -0.15) is 0 Å². The first-order valence-electron chi connectivity index (χ1n) is 11.4. The Kier molecular flexibility index (Phi) is 4.31. The number of carbonyl (C=O) groups excluding carboxylic acids is 1. The number of H-pyrrole nitrogens is 1. The van der Waals surface area contributed by atoms with Crippen LogP contribution in [0.3, 0.4) is 0 Å². The van der Waals surface area contributed by atoms with E-state index >= 15 is 0 Å². The Hall–Kier alpha value is -2.99. The summed E-state index contributed by atoms with van der Waals surface area (Å²) in [6.07, 6.45) is 1.20. The van der Waals surface area contributed by atoms with Gasteiger partial charge in [-0.25, -0.2) is 0 Å². The largest absolute Gasteiger partial charge is 0.454 e. The number of fused-ring (bicyclic) bond motifs is 5. The van der Waals surface area contributed by atoms with E-state index in [0.29, 0.717) is 13.0 Å². The highest BCUT2D eigenvalue weighted by atomic mass is 16.7. The molecule has 1 fully saturated rings. The average Bonchev–Trinajstić information content (AvgIpc) is 3.38. The second-order valence-corrected chi connectivity index (χ2v) is 9.69. The number of aromatic amines is 1. The van der Waals surface area contributed by atoms with Crippen molar-refractivity contribution < 1.29 is 19.0 Å². The van der Waals surface area contributed by atoms with E-state index in [2.05, 4.69) is 48.0 Å². The lowest BCUT2D eigenvalue weighted by atomic mass is 9.71. The van der Waals surface area contributed by atoms with E-state index in [0.717, 1.165) is 34.7 Å². The van der Waals surface area contributed by atoms with Crippen molar-refractivity contribution in [3.8, 4) is 11.5 Å². The maximum atomic E-state index is 13.6. The van der Waals surface area contributed by atoms with Gasteiger partial charge in [0.2, 0.25) is 12.7 Å². The molecule has 0 radical (unpaired) electrons. The highest BCUT2D eigenvalue weighted by Crippen LogP contribution is 2.49. The standard InChI is InChI=1S/C26H28N2O4/c1-4-30-25-19-12-17-16-7-5-6-8-18(16)27-23(17)24(28(19)22(29)13-26(25,2)3)15-9-10-20-21(11-15)32-14-31-20/h5-11,19,24-25,27H,4,12-14H2,1-3H3/t19-,24+,25?/m0/s1. The van der Waals surface area contributed by atoms with Gasteiger partial charge in [0, 0.05) is 35.0 Å². The van der Waals surface area contributed by atoms with Gasteiger partial charge < -0.3 is 24.1 Å². The third-order valence-electron chi connectivity index (χ3n) is 7.24. The van der Waals surface area contributed by atoms with E-state index < -0.39 is 0 Å². The van der Waals surface area contributed by atoms with Gasteiger partial charge in [0.25, 0.3) is 0 Å². The van der Waals surface area contributed by atoms with E-state index in [1.807, 2.05) is 25.1 Å². The molecule has 2 aromatic carbocycles. The van der Waals surface area contributed by atoms with Crippen molar-refractivity contribution in [1.29, 1.82) is 0 Å². The van der Waals surface area contributed by atoms with Crippen LogP contribution in [-0.2, 0) is 16.0 Å². The fourth-order valence-corrected chi connectivity index (χ4v) is 5.92. The summed E-state index contributed by atoms with van der Waals surface area (Å²) in [5.74, 6) is 1.65. The Morgan fingerprint density at radius 1 is 1.16 bits per heavy atom. The summed E-state index contributed by atoms with van der Waals surface area (Å²) in [4.78, 5) is 19.4. The summed E-state index contributed by atoms with van der Waals surface area (Å²) < 4.78 is 17.5. The first-order valence-corrected chi connectivity index (χ1v) is 11.4. The van der Waals surface area contributed by atoms with E-state index in [4.69, 9.17) is 14.2 Å². The minimum absolute atomic E-state index is 0.0340. The van der Waals surface area contributed by atoms with Crippen LogP contribution in [0.5, 0.6) is 11.5 Å². The van der Waals surface area contributed by atoms with Crippen LogP contribution >= 0.6 is 0 Å². The summed E-state index contributed by atoms with van der Waals surface area (Å²) >= 11 is 0. The minimum Gasteiger partial charge on any atom is -0.454 e. The SMILES string of the molecule is CCOC1[C@@H]2Cc3c([nH]c4ccccc34)[C@@H](c3ccc4c(c3)OCO4)N2C(=O)CC1(C)C. The zero-order valence-corrected chi connectivity index (χ0v) is 18.7. The lowest BCUT2D eigenvalue weighted by Gasteiger charge is -2.53. The first-order chi connectivity index (χ1) is 15.5. The van der Waals surface area contributed by atoms with E-state index in [1.54, 1.807) is 0 Å². The van der Waals surface area contributed by atoms with Gasteiger partial charge in [0.15, 0.2) is 11.5 Å². The Bertz CT molecular complexity index is 1210. The molecule has 1 N–H and O–H groups in total. The molecule has 1 saturated heterocycles. The molecule has 3 aliphatic rings. The van der Waals surface area contributed by atoms with E-state index in [1.165, 1.54) is 10.9 Å². The van der Waals surface area contributed by atoms with Crippen molar-refractivity contribution in [2.75, 3.05) is 13.4 Å². The fourth-order valence-electron chi connectivity index (χ4n) is 5.92. The molecule has 0 aliphatic carbocycles. The molecule has 1 aromatic heterocycles. The minimum atomic E-state index is -0.225. The molecule has 3 atom stereocenters. The van der Waals surface area contributed by atoms with Crippen LogP contribution in [0.1, 0.15) is 50.1 Å². The molecule has 0 saturated carbocycles. The topological polar surface area (TPSA) is 63.8 Å². The van der Waals surface area contributed by atoms with Gasteiger partial charge in [-0.15, -0.1) is 0 Å². The number of rotatable bonds is 3. The molecule has 6 heteroatoms. The van der Waals surface area contributed by atoms with Gasteiger partial charge >= 0.3 is 0 Å². The van der Waals surface area contributed by atoms with Crippen LogP contribution < -0.4 is 9.47 Å². The Morgan fingerprint density at radius 3 is 2.81 bits per heavy atom. The summed E-state index contributed by atoms with van der Waals surface area (Å²) in [6, 6.07) is 14.2. The normalized spacial score (nSPS) is 25.7. The molecule has 1 unspecified atom stereocenters. The number of carbonyl (C=O) groups is 1. The van der Waals surface area contributed by atoms with Crippen LogP contribution in [-0.4, -0.2) is 41.3 Å². The molecular weight excluding hydrogens is 404 g/mol. The predicted molar refractivity (Wildman–Crippen MR) is 121 cm³/mol. The second kappa shape index (κ2) is 7.01. The molecule has 6 nitrogen and oxygen atoms in total. The van der Waals surface area contributed by atoms with Crippen molar-refractivity contribution in [2.24, 2.45) is 5.41 Å². The fraction of sp³-hybridized carbons (Fsp3) is 0.423. The van der Waals surface area contributed by atoms with E-state index in [-0.39, 0.29) is 36.3 Å². The third-order valence-corrected chi connectivity index (χ3v) is 7.24. The van der Waals surface area contributed by atoms with Crippen molar-refractivity contribution in [3.63, 3.8) is 0 Å². The van der Waals surface area contributed by atoms with Gasteiger partial charge in [-0.1, -0.05) is 38.1 Å². The van der Waals surface area contributed by atoms with Gasteiger partial charge in [-0.3, -0.25) is 4.79 Å². The van der Waals surface area contributed by atoms with Gasteiger partial charge in [-0.05, 0) is 42.7 Å². The third kappa shape index (κ3) is 2.78. The molecular formula is C26H28N2O4. The lowest BCUT2D eigenvalue weighted by Crippen LogP contribution is -2.62. The first kappa shape index (κ1) is 19.7. The Morgan fingerprint density at radius 2 is 1.97 bits per heavy atom. The maximum absolute atomic E-state index is 13.6. The van der Waals surface area contributed by atoms with Crippen LogP contribution in [0.15, 0.2) is 42.5 Å². The van der Waals surface area contributed by atoms with Crippen molar-refractivity contribution in [2.45, 2.75) is 51.8 Å². The Balaban J connectivity index is 1.57. The maximum Gasteiger partial charge on any atom is 0.231 e. The Labute approximate surface area is 187 Å².